The van der Waals surface area contributed by atoms with Gasteiger partial charge in [0.2, 0.25) is 11.8 Å². The molecule has 0 unspecified atom stereocenters. The van der Waals surface area contributed by atoms with E-state index < -0.39 is 0 Å². The minimum atomic E-state index is -0.341. The fourth-order valence-electron chi connectivity index (χ4n) is 1.93. The molecule has 0 aliphatic carbocycles. The van der Waals surface area contributed by atoms with E-state index in [2.05, 4.69) is 0 Å². The maximum Gasteiger partial charge on any atom is 0.222 e. The van der Waals surface area contributed by atoms with Crippen molar-refractivity contribution in [2.45, 2.75) is 38.6 Å². The lowest BCUT2D eigenvalue weighted by atomic mass is 10.0. The number of hydrogen-bond donors (Lipinski definition) is 1. The Morgan fingerprint density at radius 2 is 2.00 bits per heavy atom. The first-order valence-corrected chi connectivity index (χ1v) is 6.15. The zero-order valence-electron chi connectivity index (χ0n) is 10.6. The van der Waals surface area contributed by atoms with Gasteiger partial charge in [-0.2, -0.15) is 0 Å². The van der Waals surface area contributed by atoms with Crippen molar-refractivity contribution >= 4 is 11.8 Å². The molecule has 1 aliphatic heterocycles. The van der Waals surface area contributed by atoms with E-state index in [1.807, 2.05) is 7.05 Å². The number of carbonyl (C=O) groups is 2. The Morgan fingerprint density at radius 3 is 2.53 bits per heavy atom. The SMILES string of the molecule is C[C@@H](CCC(=O)N(C)C1CCOCC1)C(N)=O. The summed E-state index contributed by atoms with van der Waals surface area (Å²) in [4.78, 5) is 24.6. The van der Waals surface area contributed by atoms with Crippen molar-refractivity contribution in [3.8, 4) is 0 Å². The molecule has 1 rings (SSSR count). The lowest BCUT2D eigenvalue weighted by Gasteiger charge is -2.31. The van der Waals surface area contributed by atoms with Crippen LogP contribution in [0.3, 0.4) is 0 Å². The molecule has 98 valence electrons. The Labute approximate surface area is 102 Å². The highest BCUT2D eigenvalue weighted by molar-refractivity contribution is 5.79. The van der Waals surface area contributed by atoms with E-state index >= 15 is 0 Å². The second-order valence-corrected chi connectivity index (χ2v) is 4.69. The summed E-state index contributed by atoms with van der Waals surface area (Å²) in [6, 6.07) is 0.278. The van der Waals surface area contributed by atoms with Crippen molar-refractivity contribution in [2.24, 2.45) is 11.7 Å². The summed E-state index contributed by atoms with van der Waals surface area (Å²) in [5, 5.41) is 0. The first kappa shape index (κ1) is 14.0. The van der Waals surface area contributed by atoms with Gasteiger partial charge in [-0.15, -0.1) is 0 Å². The van der Waals surface area contributed by atoms with E-state index in [0.29, 0.717) is 12.8 Å². The van der Waals surface area contributed by atoms with Gasteiger partial charge in [-0.1, -0.05) is 6.92 Å². The molecule has 0 radical (unpaired) electrons. The molecule has 0 aromatic carbocycles. The van der Waals surface area contributed by atoms with Crippen molar-refractivity contribution in [1.82, 2.24) is 4.90 Å². The molecule has 0 bridgehead atoms. The predicted molar refractivity (Wildman–Crippen MR) is 64.2 cm³/mol. The Morgan fingerprint density at radius 1 is 1.41 bits per heavy atom. The molecular formula is C12H22N2O3. The van der Waals surface area contributed by atoms with Crippen LogP contribution in [-0.2, 0) is 14.3 Å². The van der Waals surface area contributed by atoms with Crippen LogP contribution in [0.25, 0.3) is 0 Å². The predicted octanol–water partition coefficient (Wildman–Crippen LogP) is 0.525. The van der Waals surface area contributed by atoms with Gasteiger partial charge < -0.3 is 15.4 Å². The largest absolute Gasteiger partial charge is 0.381 e. The highest BCUT2D eigenvalue weighted by Crippen LogP contribution is 2.15. The van der Waals surface area contributed by atoms with Gasteiger partial charge in [-0.05, 0) is 19.3 Å². The Balaban J connectivity index is 2.33. The van der Waals surface area contributed by atoms with Crippen molar-refractivity contribution in [3.05, 3.63) is 0 Å². The molecule has 0 saturated carbocycles. The number of ether oxygens (including phenoxy) is 1. The molecule has 2 amide bonds. The molecule has 0 aromatic rings. The Hall–Kier alpha value is -1.10. The normalized spacial score (nSPS) is 18.7. The van der Waals surface area contributed by atoms with E-state index in [4.69, 9.17) is 10.5 Å². The summed E-state index contributed by atoms with van der Waals surface area (Å²) in [5.74, 6) is -0.487. The van der Waals surface area contributed by atoms with E-state index in [1.165, 1.54) is 0 Å². The third kappa shape index (κ3) is 4.34. The van der Waals surface area contributed by atoms with Crippen molar-refractivity contribution in [3.63, 3.8) is 0 Å². The quantitative estimate of drug-likeness (QED) is 0.764. The molecule has 2 N–H and O–H groups in total. The first-order chi connectivity index (χ1) is 8.02. The molecule has 0 aromatic heterocycles. The first-order valence-electron chi connectivity index (χ1n) is 6.15. The lowest BCUT2D eigenvalue weighted by Crippen LogP contribution is -2.40. The molecular weight excluding hydrogens is 220 g/mol. The minimum Gasteiger partial charge on any atom is -0.381 e. The van der Waals surface area contributed by atoms with Crippen LogP contribution in [0.1, 0.15) is 32.6 Å². The molecule has 0 spiro atoms. The number of amides is 2. The standard InChI is InChI=1S/C12H22N2O3/c1-9(12(13)16)3-4-11(15)14(2)10-5-7-17-8-6-10/h9-10H,3-8H2,1-2H3,(H2,13,16)/t9-/m0/s1. The number of hydrogen-bond acceptors (Lipinski definition) is 3. The molecule has 1 atom stereocenters. The van der Waals surface area contributed by atoms with Crippen molar-refractivity contribution < 1.29 is 14.3 Å². The molecule has 5 heteroatoms. The lowest BCUT2D eigenvalue weighted by molar-refractivity contribution is -0.134. The van der Waals surface area contributed by atoms with Gasteiger partial charge >= 0.3 is 0 Å². The van der Waals surface area contributed by atoms with Gasteiger partial charge in [-0.25, -0.2) is 0 Å². The van der Waals surface area contributed by atoms with Crippen molar-refractivity contribution in [1.29, 1.82) is 0 Å². The molecule has 1 heterocycles. The van der Waals surface area contributed by atoms with E-state index in [1.54, 1.807) is 11.8 Å². The van der Waals surface area contributed by atoms with Crippen LogP contribution in [0.2, 0.25) is 0 Å². The van der Waals surface area contributed by atoms with Crippen LogP contribution >= 0.6 is 0 Å². The van der Waals surface area contributed by atoms with E-state index in [9.17, 15) is 9.59 Å². The molecule has 5 nitrogen and oxygen atoms in total. The average Bonchev–Trinajstić information content (AvgIpc) is 2.35. The smallest absolute Gasteiger partial charge is 0.222 e. The van der Waals surface area contributed by atoms with E-state index in [-0.39, 0.29) is 23.8 Å². The van der Waals surface area contributed by atoms with Crippen LogP contribution in [0, 0.1) is 5.92 Å². The number of nitrogens with zero attached hydrogens (tertiary/aromatic N) is 1. The number of rotatable bonds is 5. The second kappa shape index (κ2) is 6.59. The average molecular weight is 242 g/mol. The minimum absolute atomic E-state index is 0.0880. The summed E-state index contributed by atoms with van der Waals surface area (Å²) >= 11 is 0. The number of carbonyl (C=O) groups excluding carboxylic acids is 2. The fraction of sp³-hybridized carbons (Fsp3) is 0.833. The van der Waals surface area contributed by atoms with Crippen LogP contribution in [0.4, 0.5) is 0 Å². The van der Waals surface area contributed by atoms with Crippen LogP contribution in [0.15, 0.2) is 0 Å². The van der Waals surface area contributed by atoms with Crippen LogP contribution in [-0.4, -0.2) is 43.0 Å². The summed E-state index contributed by atoms with van der Waals surface area (Å²) in [5.41, 5.74) is 5.16. The second-order valence-electron chi connectivity index (χ2n) is 4.69. The van der Waals surface area contributed by atoms with Crippen LogP contribution < -0.4 is 5.73 Å². The number of primary amides is 1. The number of nitrogens with two attached hydrogens (primary N) is 1. The van der Waals surface area contributed by atoms with Crippen LogP contribution in [0.5, 0.6) is 0 Å². The fourth-order valence-corrected chi connectivity index (χ4v) is 1.93. The Bertz CT molecular complexity index is 275. The van der Waals surface area contributed by atoms with Gasteiger partial charge in [0.25, 0.3) is 0 Å². The summed E-state index contributed by atoms with van der Waals surface area (Å²) < 4.78 is 5.26. The molecule has 1 aliphatic rings. The van der Waals surface area contributed by atoms with Crippen molar-refractivity contribution in [2.75, 3.05) is 20.3 Å². The maximum absolute atomic E-state index is 11.9. The van der Waals surface area contributed by atoms with E-state index in [0.717, 1.165) is 26.1 Å². The molecule has 1 fully saturated rings. The summed E-state index contributed by atoms with van der Waals surface area (Å²) in [7, 11) is 1.83. The molecule has 17 heavy (non-hydrogen) atoms. The highest BCUT2D eigenvalue weighted by atomic mass is 16.5. The molecule has 1 saturated heterocycles. The summed E-state index contributed by atoms with van der Waals surface area (Å²) in [6.45, 7) is 3.20. The van der Waals surface area contributed by atoms with Gasteiger partial charge in [0.05, 0.1) is 0 Å². The monoisotopic (exact) mass is 242 g/mol. The maximum atomic E-state index is 11.9. The summed E-state index contributed by atoms with van der Waals surface area (Å²) in [6.07, 6.45) is 2.71. The third-order valence-corrected chi connectivity index (χ3v) is 3.41. The van der Waals surface area contributed by atoms with Gasteiger partial charge in [0.15, 0.2) is 0 Å². The van der Waals surface area contributed by atoms with Gasteiger partial charge in [0, 0.05) is 38.6 Å². The zero-order valence-corrected chi connectivity index (χ0v) is 10.6. The third-order valence-electron chi connectivity index (χ3n) is 3.41. The topological polar surface area (TPSA) is 72.6 Å². The highest BCUT2D eigenvalue weighted by Gasteiger charge is 2.22. The Kier molecular flexibility index (Phi) is 5.41. The zero-order chi connectivity index (χ0) is 12.8. The van der Waals surface area contributed by atoms with Gasteiger partial charge in [0.1, 0.15) is 0 Å². The van der Waals surface area contributed by atoms with Gasteiger partial charge in [-0.3, -0.25) is 9.59 Å².